The molecule has 0 radical (unpaired) electrons. The van der Waals surface area contributed by atoms with Crippen LogP contribution in [0.2, 0.25) is 0 Å². The Morgan fingerprint density at radius 3 is 2.75 bits per heavy atom. The van der Waals surface area contributed by atoms with Gasteiger partial charge in [-0.05, 0) is 43.5 Å². The summed E-state index contributed by atoms with van der Waals surface area (Å²) >= 11 is 4.73. The van der Waals surface area contributed by atoms with Crippen LogP contribution in [0.3, 0.4) is 0 Å². The van der Waals surface area contributed by atoms with E-state index in [4.69, 9.17) is 27.4 Å². The molecule has 1 aliphatic heterocycles. The number of nitrogens with one attached hydrogen (secondary N) is 1. The zero-order valence-corrected chi connectivity index (χ0v) is 11.9. The van der Waals surface area contributed by atoms with E-state index >= 15 is 0 Å². The minimum atomic E-state index is -0.339. The molecule has 5 nitrogen and oxygen atoms in total. The standard InChI is InChI=1S/C14H18N2O3S/c15-13(20)9-19-11-6-4-10(5-7-11)16-14(17)12-3-1-2-8-18-12/h4-7,12H,1-3,8-9H2,(H2,15,20)(H,16,17). The zero-order chi connectivity index (χ0) is 14.4. The minimum Gasteiger partial charge on any atom is -0.487 e. The van der Waals surface area contributed by atoms with E-state index in [9.17, 15) is 4.79 Å². The molecule has 1 heterocycles. The molecule has 3 N–H and O–H groups in total. The Kier molecular flexibility index (Phi) is 5.31. The highest BCUT2D eigenvalue weighted by Gasteiger charge is 2.21. The second-order valence-corrected chi connectivity index (χ2v) is 5.15. The Bertz CT molecular complexity index is 470. The number of carbonyl (C=O) groups excluding carboxylic acids is 1. The molecule has 1 aromatic rings. The van der Waals surface area contributed by atoms with Crippen LogP contribution < -0.4 is 15.8 Å². The van der Waals surface area contributed by atoms with E-state index in [1.165, 1.54) is 0 Å². The number of benzene rings is 1. The number of hydrogen-bond donors (Lipinski definition) is 2. The largest absolute Gasteiger partial charge is 0.487 e. The van der Waals surface area contributed by atoms with Gasteiger partial charge >= 0.3 is 0 Å². The topological polar surface area (TPSA) is 73.6 Å². The first-order valence-corrected chi connectivity index (χ1v) is 6.99. The van der Waals surface area contributed by atoms with Gasteiger partial charge in [-0.1, -0.05) is 12.2 Å². The highest BCUT2D eigenvalue weighted by molar-refractivity contribution is 7.80. The molecule has 1 fully saturated rings. The van der Waals surface area contributed by atoms with Crippen molar-refractivity contribution in [3.63, 3.8) is 0 Å². The first-order valence-electron chi connectivity index (χ1n) is 6.59. The monoisotopic (exact) mass is 294 g/mol. The summed E-state index contributed by atoms with van der Waals surface area (Å²) in [7, 11) is 0. The fourth-order valence-corrected chi connectivity index (χ4v) is 2.02. The Morgan fingerprint density at radius 1 is 1.40 bits per heavy atom. The summed E-state index contributed by atoms with van der Waals surface area (Å²) in [5.41, 5.74) is 6.07. The number of hydrogen-bond acceptors (Lipinski definition) is 4. The van der Waals surface area contributed by atoms with Crippen molar-refractivity contribution in [2.75, 3.05) is 18.5 Å². The van der Waals surface area contributed by atoms with Crippen molar-refractivity contribution in [2.24, 2.45) is 5.73 Å². The zero-order valence-electron chi connectivity index (χ0n) is 11.1. The van der Waals surface area contributed by atoms with E-state index in [-0.39, 0.29) is 18.6 Å². The van der Waals surface area contributed by atoms with Gasteiger partial charge in [0.1, 0.15) is 23.4 Å². The lowest BCUT2D eigenvalue weighted by atomic mass is 10.1. The molecule has 2 rings (SSSR count). The van der Waals surface area contributed by atoms with Gasteiger partial charge in [0.2, 0.25) is 0 Å². The second kappa shape index (κ2) is 7.21. The molecule has 1 amide bonds. The molecule has 1 saturated heterocycles. The van der Waals surface area contributed by atoms with Crippen molar-refractivity contribution in [3.05, 3.63) is 24.3 Å². The summed E-state index contributed by atoms with van der Waals surface area (Å²) in [5.74, 6) is 0.561. The summed E-state index contributed by atoms with van der Waals surface area (Å²) in [6, 6.07) is 7.07. The van der Waals surface area contributed by atoms with Crippen LogP contribution in [-0.4, -0.2) is 30.2 Å². The molecule has 0 saturated carbocycles. The normalized spacial score (nSPS) is 18.3. The first-order chi connectivity index (χ1) is 9.65. The van der Waals surface area contributed by atoms with E-state index in [0.717, 1.165) is 19.3 Å². The smallest absolute Gasteiger partial charge is 0.253 e. The number of ether oxygens (including phenoxy) is 2. The molecule has 0 aliphatic carbocycles. The van der Waals surface area contributed by atoms with Crippen molar-refractivity contribution in [1.29, 1.82) is 0 Å². The molecule has 0 bridgehead atoms. The number of nitrogens with two attached hydrogens (primary N) is 1. The van der Waals surface area contributed by atoms with Crippen LogP contribution in [0.5, 0.6) is 5.75 Å². The lowest BCUT2D eigenvalue weighted by Gasteiger charge is -2.21. The lowest BCUT2D eigenvalue weighted by Crippen LogP contribution is -2.33. The Balaban J connectivity index is 1.86. The van der Waals surface area contributed by atoms with Crippen LogP contribution in [0.15, 0.2) is 24.3 Å². The van der Waals surface area contributed by atoms with Gasteiger partial charge in [0.15, 0.2) is 0 Å². The minimum absolute atomic E-state index is 0.0958. The maximum absolute atomic E-state index is 12.0. The summed E-state index contributed by atoms with van der Waals surface area (Å²) in [6.07, 6.45) is 2.50. The second-order valence-electron chi connectivity index (χ2n) is 4.62. The van der Waals surface area contributed by atoms with Gasteiger partial charge in [-0.2, -0.15) is 0 Å². The predicted octanol–water partition coefficient (Wildman–Crippen LogP) is 1.86. The molecular weight excluding hydrogens is 276 g/mol. The predicted molar refractivity (Wildman–Crippen MR) is 80.9 cm³/mol. The molecule has 1 atom stereocenters. The molecule has 1 aromatic carbocycles. The van der Waals surface area contributed by atoms with Crippen LogP contribution in [0.4, 0.5) is 5.69 Å². The summed E-state index contributed by atoms with van der Waals surface area (Å²) in [4.78, 5) is 12.3. The number of rotatable bonds is 5. The summed E-state index contributed by atoms with van der Waals surface area (Å²) < 4.78 is 10.8. The van der Waals surface area contributed by atoms with Gasteiger partial charge in [-0.15, -0.1) is 0 Å². The van der Waals surface area contributed by atoms with E-state index in [0.29, 0.717) is 23.0 Å². The number of carbonyl (C=O) groups is 1. The van der Waals surface area contributed by atoms with Crippen molar-refractivity contribution in [1.82, 2.24) is 0 Å². The van der Waals surface area contributed by atoms with Gasteiger partial charge in [-0.3, -0.25) is 4.79 Å². The van der Waals surface area contributed by atoms with Crippen LogP contribution >= 0.6 is 12.2 Å². The van der Waals surface area contributed by atoms with E-state index in [1.54, 1.807) is 24.3 Å². The van der Waals surface area contributed by atoms with Crippen molar-refractivity contribution in [3.8, 4) is 5.75 Å². The van der Waals surface area contributed by atoms with Crippen molar-refractivity contribution in [2.45, 2.75) is 25.4 Å². The Labute approximate surface area is 123 Å². The third-order valence-electron chi connectivity index (χ3n) is 2.98. The quantitative estimate of drug-likeness (QED) is 0.811. The lowest BCUT2D eigenvalue weighted by molar-refractivity contribution is -0.129. The molecule has 0 spiro atoms. The maximum atomic E-state index is 12.0. The van der Waals surface area contributed by atoms with Gasteiger partial charge in [0.05, 0.1) is 0 Å². The van der Waals surface area contributed by atoms with Crippen molar-refractivity contribution >= 4 is 28.8 Å². The Morgan fingerprint density at radius 2 is 2.15 bits per heavy atom. The highest BCUT2D eigenvalue weighted by atomic mass is 32.1. The average Bonchev–Trinajstić information content (AvgIpc) is 2.47. The summed E-state index contributed by atoms with van der Waals surface area (Å²) in [6.45, 7) is 0.862. The van der Waals surface area contributed by atoms with Crippen LogP contribution in [0, 0.1) is 0 Å². The van der Waals surface area contributed by atoms with Crippen LogP contribution in [0.1, 0.15) is 19.3 Å². The summed E-state index contributed by atoms with van der Waals surface area (Å²) in [5, 5.41) is 2.83. The molecular formula is C14H18N2O3S. The highest BCUT2D eigenvalue weighted by Crippen LogP contribution is 2.18. The third-order valence-corrected chi connectivity index (χ3v) is 3.09. The fraction of sp³-hybridized carbons (Fsp3) is 0.429. The van der Waals surface area contributed by atoms with Gasteiger partial charge in [-0.25, -0.2) is 0 Å². The van der Waals surface area contributed by atoms with Crippen molar-refractivity contribution < 1.29 is 14.3 Å². The number of amides is 1. The van der Waals surface area contributed by atoms with Gasteiger partial charge < -0.3 is 20.5 Å². The molecule has 20 heavy (non-hydrogen) atoms. The van der Waals surface area contributed by atoms with E-state index < -0.39 is 0 Å². The number of anilines is 1. The van der Waals surface area contributed by atoms with E-state index in [2.05, 4.69) is 5.32 Å². The van der Waals surface area contributed by atoms with Gasteiger partial charge in [0, 0.05) is 12.3 Å². The molecule has 1 unspecified atom stereocenters. The fourth-order valence-electron chi connectivity index (χ4n) is 1.96. The molecule has 0 aromatic heterocycles. The maximum Gasteiger partial charge on any atom is 0.253 e. The van der Waals surface area contributed by atoms with Crippen LogP contribution in [-0.2, 0) is 9.53 Å². The Hall–Kier alpha value is -1.66. The van der Waals surface area contributed by atoms with Gasteiger partial charge in [0.25, 0.3) is 5.91 Å². The molecule has 1 aliphatic rings. The molecule has 108 valence electrons. The SMILES string of the molecule is NC(=S)COc1ccc(NC(=O)C2CCCCO2)cc1. The third kappa shape index (κ3) is 4.47. The van der Waals surface area contributed by atoms with E-state index in [1.807, 2.05) is 0 Å². The average molecular weight is 294 g/mol. The number of thiocarbonyl (C=S) groups is 1. The first kappa shape index (κ1) is 14.7. The van der Waals surface area contributed by atoms with Crippen LogP contribution in [0.25, 0.3) is 0 Å². The molecule has 6 heteroatoms.